The summed E-state index contributed by atoms with van der Waals surface area (Å²) >= 11 is 1.48. The monoisotopic (exact) mass is 439 g/mol. The van der Waals surface area contributed by atoms with E-state index in [4.69, 9.17) is 9.26 Å². The summed E-state index contributed by atoms with van der Waals surface area (Å²) in [7, 11) is 0. The minimum atomic E-state index is -0.398. The van der Waals surface area contributed by atoms with Gasteiger partial charge in [-0.2, -0.15) is 0 Å². The number of amides is 2. The fraction of sp³-hybridized carbons (Fsp3) is 0.348. The van der Waals surface area contributed by atoms with E-state index in [9.17, 15) is 9.59 Å². The van der Waals surface area contributed by atoms with E-state index in [2.05, 4.69) is 15.8 Å². The summed E-state index contributed by atoms with van der Waals surface area (Å²) < 4.78 is 10.8. The molecule has 2 amide bonds. The summed E-state index contributed by atoms with van der Waals surface area (Å²) in [5, 5.41) is 10.3. The van der Waals surface area contributed by atoms with Gasteiger partial charge in [0.05, 0.1) is 12.2 Å². The molecular weight excluding hydrogens is 414 g/mol. The second kappa shape index (κ2) is 9.34. The summed E-state index contributed by atoms with van der Waals surface area (Å²) in [4.78, 5) is 26.7. The van der Waals surface area contributed by atoms with Gasteiger partial charge in [-0.3, -0.25) is 9.59 Å². The number of nitrogens with zero attached hydrogens (tertiary/aromatic N) is 1. The predicted molar refractivity (Wildman–Crippen MR) is 120 cm³/mol. The van der Waals surface area contributed by atoms with Crippen LogP contribution < -0.4 is 15.4 Å². The largest absolute Gasteiger partial charge is 0.494 e. The summed E-state index contributed by atoms with van der Waals surface area (Å²) in [6.07, 6.45) is 3.96. The molecule has 162 valence electrons. The van der Waals surface area contributed by atoms with Gasteiger partial charge in [-0.1, -0.05) is 5.16 Å². The number of hydrogen-bond donors (Lipinski definition) is 2. The Kier molecular flexibility index (Phi) is 6.36. The van der Waals surface area contributed by atoms with Crippen molar-refractivity contribution in [2.45, 2.75) is 39.5 Å². The topological polar surface area (TPSA) is 93.5 Å². The number of thiophene rings is 1. The van der Waals surface area contributed by atoms with Crippen molar-refractivity contribution in [1.82, 2.24) is 10.5 Å². The van der Waals surface area contributed by atoms with Gasteiger partial charge in [0.1, 0.15) is 10.8 Å². The van der Waals surface area contributed by atoms with Crippen LogP contribution in [0.5, 0.6) is 5.75 Å². The van der Waals surface area contributed by atoms with Crippen molar-refractivity contribution in [2.24, 2.45) is 0 Å². The summed E-state index contributed by atoms with van der Waals surface area (Å²) in [6, 6.07) is 9.00. The van der Waals surface area contributed by atoms with Gasteiger partial charge in [-0.15, -0.1) is 11.3 Å². The molecule has 3 aromatic rings. The lowest BCUT2D eigenvalue weighted by molar-refractivity contribution is 0.0956. The quantitative estimate of drug-likeness (QED) is 0.557. The van der Waals surface area contributed by atoms with Crippen molar-refractivity contribution in [1.29, 1.82) is 0 Å². The van der Waals surface area contributed by atoms with E-state index in [1.54, 1.807) is 6.07 Å². The maximum Gasteiger partial charge on any atom is 0.278 e. The first-order chi connectivity index (χ1) is 15.1. The summed E-state index contributed by atoms with van der Waals surface area (Å²) in [5.41, 5.74) is 2.61. The molecule has 1 aliphatic rings. The zero-order chi connectivity index (χ0) is 21.8. The van der Waals surface area contributed by atoms with Crippen LogP contribution in [-0.4, -0.2) is 30.1 Å². The van der Waals surface area contributed by atoms with E-state index in [1.165, 1.54) is 16.2 Å². The number of ether oxygens (including phenoxy) is 1. The highest BCUT2D eigenvalue weighted by molar-refractivity contribution is 7.17. The molecule has 2 N–H and O–H groups in total. The number of carbonyl (C=O) groups is 2. The number of nitrogens with one attached hydrogen (secondary N) is 2. The standard InChI is InChI=1S/C23H25N3O4S/c1-3-24-22(28)20-16-7-5-6-8-19(16)31-23(20)25-21(27)17-13-18(30-26-17)14-9-11-15(12-10-14)29-4-2/h9-13H,3-8H2,1-2H3,(H,24,28)(H,25,27). The molecule has 0 atom stereocenters. The highest BCUT2D eigenvalue weighted by Gasteiger charge is 2.27. The molecular formula is C23H25N3O4S. The molecule has 31 heavy (non-hydrogen) atoms. The molecule has 2 aromatic heterocycles. The summed E-state index contributed by atoms with van der Waals surface area (Å²) in [6.45, 7) is 4.94. The molecule has 0 saturated heterocycles. The lowest BCUT2D eigenvalue weighted by atomic mass is 9.95. The minimum absolute atomic E-state index is 0.146. The molecule has 0 unspecified atom stereocenters. The Bertz CT molecular complexity index is 1080. The molecule has 1 aliphatic carbocycles. The molecule has 2 heterocycles. The fourth-order valence-electron chi connectivity index (χ4n) is 3.71. The molecule has 4 rings (SSSR count). The normalized spacial score (nSPS) is 12.8. The Morgan fingerprint density at radius 3 is 2.65 bits per heavy atom. The molecule has 0 radical (unpaired) electrons. The Labute approximate surface area is 184 Å². The molecule has 7 nitrogen and oxygen atoms in total. The number of hydrogen-bond acceptors (Lipinski definition) is 6. The highest BCUT2D eigenvalue weighted by atomic mass is 32.1. The van der Waals surface area contributed by atoms with Gasteiger partial charge in [0, 0.05) is 23.1 Å². The zero-order valence-electron chi connectivity index (χ0n) is 17.6. The van der Waals surface area contributed by atoms with Gasteiger partial charge in [-0.05, 0) is 69.4 Å². The Hall–Kier alpha value is -3.13. The van der Waals surface area contributed by atoms with Crippen LogP contribution in [0.2, 0.25) is 0 Å². The average Bonchev–Trinajstić information content (AvgIpc) is 3.39. The van der Waals surface area contributed by atoms with Crippen LogP contribution in [0.15, 0.2) is 34.9 Å². The molecule has 1 aromatic carbocycles. The van der Waals surface area contributed by atoms with E-state index in [0.717, 1.165) is 42.6 Å². The lowest BCUT2D eigenvalue weighted by Crippen LogP contribution is -2.25. The van der Waals surface area contributed by atoms with Crippen LogP contribution in [0.4, 0.5) is 5.00 Å². The highest BCUT2D eigenvalue weighted by Crippen LogP contribution is 2.38. The zero-order valence-corrected chi connectivity index (χ0v) is 18.4. The van der Waals surface area contributed by atoms with Gasteiger partial charge < -0.3 is 19.9 Å². The van der Waals surface area contributed by atoms with Crippen molar-refractivity contribution in [3.8, 4) is 17.1 Å². The molecule has 0 bridgehead atoms. The van der Waals surface area contributed by atoms with Crippen molar-refractivity contribution >= 4 is 28.2 Å². The Balaban J connectivity index is 1.55. The van der Waals surface area contributed by atoms with Gasteiger partial charge in [0.15, 0.2) is 11.5 Å². The van der Waals surface area contributed by atoms with E-state index in [0.29, 0.717) is 29.5 Å². The third-order valence-corrected chi connectivity index (χ3v) is 6.36. The fourth-order valence-corrected chi connectivity index (χ4v) is 4.99. The SMILES string of the molecule is CCNC(=O)c1c(NC(=O)c2cc(-c3ccc(OCC)cc3)on2)sc2c1CCCC2. The summed E-state index contributed by atoms with van der Waals surface area (Å²) in [5.74, 6) is 0.711. The Morgan fingerprint density at radius 1 is 1.13 bits per heavy atom. The molecule has 0 spiro atoms. The van der Waals surface area contributed by atoms with Crippen molar-refractivity contribution < 1.29 is 18.8 Å². The predicted octanol–water partition coefficient (Wildman–Crippen LogP) is 4.68. The van der Waals surface area contributed by atoms with E-state index < -0.39 is 5.91 Å². The minimum Gasteiger partial charge on any atom is -0.494 e. The van der Waals surface area contributed by atoms with Crippen LogP contribution in [-0.2, 0) is 12.8 Å². The third kappa shape index (κ3) is 4.49. The van der Waals surface area contributed by atoms with Gasteiger partial charge in [0.2, 0.25) is 0 Å². The lowest BCUT2D eigenvalue weighted by Gasteiger charge is -2.12. The van der Waals surface area contributed by atoms with E-state index >= 15 is 0 Å². The molecule has 8 heteroatoms. The third-order valence-electron chi connectivity index (χ3n) is 5.16. The maximum absolute atomic E-state index is 12.9. The number of aryl methyl sites for hydroxylation is 1. The Morgan fingerprint density at radius 2 is 1.90 bits per heavy atom. The molecule has 0 saturated carbocycles. The van der Waals surface area contributed by atoms with Gasteiger partial charge in [-0.25, -0.2) is 0 Å². The van der Waals surface area contributed by atoms with E-state index in [-0.39, 0.29) is 11.6 Å². The van der Waals surface area contributed by atoms with Gasteiger partial charge >= 0.3 is 0 Å². The number of aromatic nitrogens is 1. The first-order valence-corrected chi connectivity index (χ1v) is 11.4. The second-order valence-electron chi connectivity index (χ2n) is 7.26. The van der Waals surface area contributed by atoms with Crippen molar-refractivity contribution in [2.75, 3.05) is 18.5 Å². The average molecular weight is 440 g/mol. The van der Waals surface area contributed by atoms with Crippen molar-refractivity contribution in [3.05, 3.63) is 52.0 Å². The van der Waals surface area contributed by atoms with E-state index in [1.807, 2.05) is 38.1 Å². The van der Waals surface area contributed by atoms with Crippen molar-refractivity contribution in [3.63, 3.8) is 0 Å². The van der Waals surface area contributed by atoms with Gasteiger partial charge in [0.25, 0.3) is 11.8 Å². The number of fused-ring (bicyclic) bond motifs is 1. The van der Waals surface area contributed by atoms with Crippen LogP contribution in [0, 0.1) is 0 Å². The maximum atomic E-state index is 12.9. The van der Waals surface area contributed by atoms with Crippen LogP contribution in [0.3, 0.4) is 0 Å². The number of anilines is 1. The van der Waals surface area contributed by atoms with Crippen LogP contribution in [0.25, 0.3) is 11.3 Å². The smallest absolute Gasteiger partial charge is 0.278 e. The number of carbonyl (C=O) groups excluding carboxylic acids is 2. The molecule has 0 aliphatic heterocycles. The number of benzene rings is 1. The van der Waals surface area contributed by atoms with Crippen LogP contribution in [0.1, 0.15) is 58.0 Å². The number of rotatable bonds is 7. The van der Waals surface area contributed by atoms with Crippen LogP contribution >= 0.6 is 11.3 Å². The first-order valence-electron chi connectivity index (χ1n) is 10.5. The second-order valence-corrected chi connectivity index (χ2v) is 8.37. The molecule has 0 fully saturated rings. The first kappa shape index (κ1) is 21.1.